The van der Waals surface area contributed by atoms with E-state index in [1.807, 2.05) is 13.8 Å². The third-order valence-electron chi connectivity index (χ3n) is 0.628. The Morgan fingerprint density at radius 1 is 1.71 bits per heavy atom. The molecule has 0 saturated heterocycles. The minimum atomic E-state index is 0.287. The van der Waals surface area contributed by atoms with Crippen molar-refractivity contribution in [3.63, 3.8) is 0 Å². The summed E-state index contributed by atoms with van der Waals surface area (Å²) in [6.07, 6.45) is 0.722. The van der Waals surface area contributed by atoms with Gasteiger partial charge in [0.1, 0.15) is 0 Å². The van der Waals surface area contributed by atoms with Gasteiger partial charge < -0.3 is 5.73 Å². The standard InChI is InChI=1S/C5H12N2/c1-4(2)3-5(6)7/h4H,3H2,1-2H3,(H3,6,7). The van der Waals surface area contributed by atoms with Crippen LogP contribution in [0.1, 0.15) is 20.3 Å². The highest BCUT2D eigenvalue weighted by atomic mass is 14.7. The maximum atomic E-state index is 6.80. The van der Waals surface area contributed by atoms with Crippen molar-refractivity contribution in [2.75, 3.05) is 0 Å². The lowest BCUT2D eigenvalue weighted by atomic mass is 10.1. The highest BCUT2D eigenvalue weighted by molar-refractivity contribution is 5.76. The molecule has 0 aromatic carbocycles. The zero-order valence-corrected chi connectivity index (χ0v) is 4.86. The van der Waals surface area contributed by atoms with Crippen LogP contribution in [0.5, 0.6) is 0 Å². The number of hydrogen-bond acceptors (Lipinski definition) is 1. The van der Waals surface area contributed by atoms with Crippen LogP contribution in [0, 0.1) is 11.3 Å². The zero-order valence-electron chi connectivity index (χ0n) is 4.86. The van der Waals surface area contributed by atoms with Gasteiger partial charge in [0, 0.05) is 6.42 Å². The number of amidine groups is 1. The Morgan fingerprint density at radius 3 is 2.14 bits per heavy atom. The molecule has 0 aromatic heterocycles. The number of nitrogens with one attached hydrogen (secondary N) is 1. The molecular formula is C5H12N2. The van der Waals surface area contributed by atoms with Gasteiger partial charge in [-0.3, -0.25) is 5.41 Å². The van der Waals surface area contributed by atoms with Crippen LogP contribution in [0.3, 0.4) is 0 Å². The van der Waals surface area contributed by atoms with Crippen molar-refractivity contribution in [1.82, 2.24) is 0 Å². The van der Waals surface area contributed by atoms with Gasteiger partial charge in [-0.1, -0.05) is 13.8 Å². The molecule has 0 unspecified atom stereocenters. The van der Waals surface area contributed by atoms with Gasteiger partial charge in [-0.05, 0) is 5.92 Å². The Bertz CT molecular complexity index is 66.5. The van der Waals surface area contributed by atoms with E-state index in [0.29, 0.717) is 5.92 Å². The second kappa shape index (κ2) is 2.61. The van der Waals surface area contributed by atoms with Gasteiger partial charge in [0.2, 0.25) is 0 Å². The fourth-order valence-electron chi connectivity index (χ4n) is 0.440. The molecule has 2 nitrogen and oxygen atoms in total. The van der Waals surface area contributed by atoms with Crippen LogP contribution < -0.4 is 5.73 Å². The minimum absolute atomic E-state index is 0.287. The van der Waals surface area contributed by atoms with Crippen molar-refractivity contribution in [3.05, 3.63) is 0 Å². The molecule has 0 saturated carbocycles. The maximum absolute atomic E-state index is 6.80. The molecule has 0 spiro atoms. The average Bonchev–Trinajstić information content (AvgIpc) is 1.27. The van der Waals surface area contributed by atoms with E-state index < -0.39 is 0 Å². The third-order valence-corrected chi connectivity index (χ3v) is 0.628. The van der Waals surface area contributed by atoms with E-state index in [4.69, 9.17) is 11.1 Å². The number of nitrogens with two attached hydrogens (primary N) is 1. The summed E-state index contributed by atoms with van der Waals surface area (Å²) in [4.78, 5) is 0. The predicted octanol–water partition coefficient (Wildman–Crippen LogP) is 0.968. The fourth-order valence-corrected chi connectivity index (χ4v) is 0.440. The molecule has 0 atom stereocenters. The number of hydrogen-bond donors (Lipinski definition) is 2. The molecule has 0 aliphatic heterocycles. The van der Waals surface area contributed by atoms with Gasteiger partial charge in [0.25, 0.3) is 0 Å². The minimum Gasteiger partial charge on any atom is -0.388 e. The molecule has 7 heavy (non-hydrogen) atoms. The fraction of sp³-hybridized carbons (Fsp3) is 0.800. The second-order valence-electron chi connectivity index (χ2n) is 2.12. The molecule has 42 valence electrons. The molecule has 0 fully saturated rings. The normalized spacial score (nSPS) is 9.57. The molecule has 3 N–H and O–H groups in total. The Balaban J connectivity index is 3.13. The summed E-state index contributed by atoms with van der Waals surface area (Å²) in [5, 5.41) is 6.80. The SMILES string of the molecule is CC(C)CC(=N)N. The van der Waals surface area contributed by atoms with Crippen LogP contribution >= 0.6 is 0 Å². The lowest BCUT2D eigenvalue weighted by Gasteiger charge is -1.98. The molecule has 0 aliphatic rings. The predicted molar refractivity (Wildman–Crippen MR) is 31.4 cm³/mol. The Kier molecular flexibility index (Phi) is 2.41. The highest BCUT2D eigenvalue weighted by Crippen LogP contribution is 1.95. The first kappa shape index (κ1) is 6.47. The molecule has 0 rings (SSSR count). The van der Waals surface area contributed by atoms with Gasteiger partial charge >= 0.3 is 0 Å². The Labute approximate surface area is 44.2 Å². The molecule has 2 heteroatoms. The van der Waals surface area contributed by atoms with E-state index >= 15 is 0 Å². The summed E-state index contributed by atoms with van der Waals surface area (Å²) in [7, 11) is 0. The van der Waals surface area contributed by atoms with Crippen molar-refractivity contribution in [2.24, 2.45) is 11.7 Å². The monoisotopic (exact) mass is 100 g/mol. The molecule has 0 aromatic rings. The third kappa shape index (κ3) is 5.47. The van der Waals surface area contributed by atoms with E-state index in [9.17, 15) is 0 Å². The van der Waals surface area contributed by atoms with E-state index in [0.717, 1.165) is 6.42 Å². The maximum Gasteiger partial charge on any atom is 0.0907 e. The van der Waals surface area contributed by atoms with Crippen LogP contribution in [-0.4, -0.2) is 5.84 Å². The van der Waals surface area contributed by atoms with Gasteiger partial charge in [0.05, 0.1) is 5.84 Å². The quantitative estimate of drug-likeness (QED) is 0.394. The van der Waals surface area contributed by atoms with E-state index in [2.05, 4.69) is 0 Å². The van der Waals surface area contributed by atoms with Crippen molar-refractivity contribution >= 4 is 5.84 Å². The van der Waals surface area contributed by atoms with Crippen LogP contribution in [-0.2, 0) is 0 Å². The first-order chi connectivity index (χ1) is 3.13. The zero-order chi connectivity index (χ0) is 5.86. The first-order valence-electron chi connectivity index (χ1n) is 2.46. The molecule has 0 bridgehead atoms. The Morgan fingerprint density at radius 2 is 2.14 bits per heavy atom. The van der Waals surface area contributed by atoms with Crippen LogP contribution in [0.4, 0.5) is 0 Å². The van der Waals surface area contributed by atoms with Crippen molar-refractivity contribution in [3.8, 4) is 0 Å². The van der Waals surface area contributed by atoms with Gasteiger partial charge in [0.15, 0.2) is 0 Å². The largest absolute Gasteiger partial charge is 0.388 e. The van der Waals surface area contributed by atoms with E-state index in [1.165, 1.54) is 0 Å². The van der Waals surface area contributed by atoms with Crippen molar-refractivity contribution < 1.29 is 0 Å². The van der Waals surface area contributed by atoms with Gasteiger partial charge in [-0.25, -0.2) is 0 Å². The molecule has 0 heterocycles. The molecule has 0 aliphatic carbocycles. The first-order valence-corrected chi connectivity index (χ1v) is 2.46. The lowest BCUT2D eigenvalue weighted by Crippen LogP contribution is -2.11. The highest BCUT2D eigenvalue weighted by Gasteiger charge is 1.92. The molecular weight excluding hydrogens is 88.1 g/mol. The van der Waals surface area contributed by atoms with E-state index in [1.54, 1.807) is 0 Å². The summed E-state index contributed by atoms with van der Waals surface area (Å²) in [6, 6.07) is 0. The summed E-state index contributed by atoms with van der Waals surface area (Å²) in [5.74, 6) is 0.813. The van der Waals surface area contributed by atoms with Crippen molar-refractivity contribution in [2.45, 2.75) is 20.3 Å². The van der Waals surface area contributed by atoms with Crippen molar-refractivity contribution in [1.29, 1.82) is 5.41 Å². The summed E-state index contributed by atoms with van der Waals surface area (Å²) in [5.41, 5.74) is 5.08. The lowest BCUT2D eigenvalue weighted by molar-refractivity contribution is 0.679. The average molecular weight is 100 g/mol. The summed E-state index contributed by atoms with van der Waals surface area (Å²) in [6.45, 7) is 4.09. The van der Waals surface area contributed by atoms with Crippen LogP contribution in [0.15, 0.2) is 0 Å². The van der Waals surface area contributed by atoms with Gasteiger partial charge in [-0.15, -0.1) is 0 Å². The molecule has 0 radical (unpaired) electrons. The van der Waals surface area contributed by atoms with E-state index in [-0.39, 0.29) is 5.84 Å². The van der Waals surface area contributed by atoms with Crippen LogP contribution in [0.25, 0.3) is 0 Å². The summed E-state index contributed by atoms with van der Waals surface area (Å²) < 4.78 is 0. The Hall–Kier alpha value is -0.530. The van der Waals surface area contributed by atoms with Gasteiger partial charge in [-0.2, -0.15) is 0 Å². The smallest absolute Gasteiger partial charge is 0.0907 e. The molecule has 0 amide bonds. The summed E-state index contributed by atoms with van der Waals surface area (Å²) >= 11 is 0. The number of rotatable bonds is 2. The second-order valence-corrected chi connectivity index (χ2v) is 2.12. The topological polar surface area (TPSA) is 49.9 Å². The van der Waals surface area contributed by atoms with Crippen LogP contribution in [0.2, 0.25) is 0 Å².